The normalized spacial score (nSPS) is 26.1. The fourth-order valence-electron chi connectivity index (χ4n) is 1.26. The van der Waals surface area contributed by atoms with Crippen molar-refractivity contribution in [1.82, 2.24) is 0 Å². The number of benzene rings is 1. The summed E-state index contributed by atoms with van der Waals surface area (Å²) >= 11 is 5.51. The topological polar surface area (TPSA) is 32.8 Å². The van der Waals surface area contributed by atoms with Crippen molar-refractivity contribution in [3.8, 4) is 0 Å². The van der Waals surface area contributed by atoms with Crippen molar-refractivity contribution >= 4 is 11.6 Å². The van der Waals surface area contributed by atoms with E-state index in [1.807, 2.05) is 0 Å². The SMILES string of the molecule is OC[C@H]1O[C@@H]1c1ccc(Cl)c(F)c1. The molecule has 1 saturated heterocycles. The Labute approximate surface area is 79.9 Å². The first kappa shape index (κ1) is 8.94. The van der Waals surface area contributed by atoms with Crippen molar-refractivity contribution in [1.29, 1.82) is 0 Å². The van der Waals surface area contributed by atoms with Crippen molar-refractivity contribution in [2.45, 2.75) is 12.2 Å². The monoisotopic (exact) mass is 202 g/mol. The van der Waals surface area contributed by atoms with Gasteiger partial charge in [-0.25, -0.2) is 4.39 Å². The predicted molar refractivity (Wildman–Crippen MR) is 46.1 cm³/mol. The Hall–Kier alpha value is -0.640. The van der Waals surface area contributed by atoms with Crippen molar-refractivity contribution < 1.29 is 14.2 Å². The van der Waals surface area contributed by atoms with Gasteiger partial charge in [-0.2, -0.15) is 0 Å². The molecule has 0 spiro atoms. The van der Waals surface area contributed by atoms with E-state index in [1.54, 1.807) is 6.07 Å². The van der Waals surface area contributed by atoms with Crippen LogP contribution in [-0.4, -0.2) is 17.8 Å². The smallest absolute Gasteiger partial charge is 0.142 e. The summed E-state index contributed by atoms with van der Waals surface area (Å²) in [7, 11) is 0. The Morgan fingerprint density at radius 3 is 2.85 bits per heavy atom. The van der Waals surface area contributed by atoms with Crippen LogP contribution in [0.4, 0.5) is 4.39 Å². The molecule has 0 aliphatic carbocycles. The summed E-state index contributed by atoms with van der Waals surface area (Å²) in [5, 5.41) is 8.82. The van der Waals surface area contributed by atoms with Crippen LogP contribution in [0, 0.1) is 5.82 Å². The first-order chi connectivity index (χ1) is 6.22. The van der Waals surface area contributed by atoms with Crippen molar-refractivity contribution in [3.05, 3.63) is 34.6 Å². The van der Waals surface area contributed by atoms with Gasteiger partial charge in [0.05, 0.1) is 11.6 Å². The molecule has 0 unspecified atom stereocenters. The number of aliphatic hydroxyl groups is 1. The Bertz CT molecular complexity index is 329. The molecular formula is C9H8ClFO2. The van der Waals surface area contributed by atoms with Gasteiger partial charge in [0.2, 0.25) is 0 Å². The summed E-state index contributed by atoms with van der Waals surface area (Å²) in [6.07, 6.45) is -0.350. The number of aliphatic hydroxyl groups excluding tert-OH is 1. The summed E-state index contributed by atoms with van der Waals surface area (Å²) in [6.45, 7) is -0.0328. The van der Waals surface area contributed by atoms with Gasteiger partial charge in [0, 0.05) is 0 Å². The third-order valence-electron chi connectivity index (χ3n) is 2.03. The van der Waals surface area contributed by atoms with Crippen LogP contribution in [0.1, 0.15) is 11.7 Å². The zero-order chi connectivity index (χ0) is 9.42. The molecule has 0 aromatic heterocycles. The lowest BCUT2D eigenvalue weighted by atomic mass is 10.1. The van der Waals surface area contributed by atoms with Crippen LogP contribution >= 0.6 is 11.6 Å². The fourth-order valence-corrected chi connectivity index (χ4v) is 1.38. The highest BCUT2D eigenvalue weighted by Gasteiger charge is 2.39. The average molecular weight is 203 g/mol. The van der Waals surface area contributed by atoms with E-state index in [-0.39, 0.29) is 23.8 Å². The molecule has 4 heteroatoms. The molecule has 1 N–H and O–H groups in total. The number of rotatable bonds is 2. The summed E-state index contributed by atoms with van der Waals surface area (Å²) in [6, 6.07) is 4.52. The highest BCUT2D eigenvalue weighted by molar-refractivity contribution is 6.30. The quantitative estimate of drug-likeness (QED) is 0.744. The molecule has 2 atom stereocenters. The van der Waals surface area contributed by atoms with Crippen LogP contribution in [0.15, 0.2) is 18.2 Å². The van der Waals surface area contributed by atoms with Crippen molar-refractivity contribution in [3.63, 3.8) is 0 Å². The van der Waals surface area contributed by atoms with Crippen LogP contribution < -0.4 is 0 Å². The van der Waals surface area contributed by atoms with E-state index < -0.39 is 5.82 Å². The molecule has 1 aliphatic heterocycles. The Kier molecular flexibility index (Phi) is 2.24. The van der Waals surface area contributed by atoms with E-state index in [1.165, 1.54) is 12.1 Å². The van der Waals surface area contributed by atoms with Gasteiger partial charge in [0.25, 0.3) is 0 Å². The van der Waals surface area contributed by atoms with E-state index >= 15 is 0 Å². The van der Waals surface area contributed by atoms with E-state index in [4.69, 9.17) is 21.4 Å². The van der Waals surface area contributed by atoms with Gasteiger partial charge < -0.3 is 9.84 Å². The molecule has 1 heterocycles. The standard InChI is InChI=1S/C9H8ClFO2/c10-6-2-1-5(3-7(6)11)9-8(4-12)13-9/h1-3,8-9,12H,4H2/t8-,9-/m1/s1. The second kappa shape index (κ2) is 3.25. The minimum atomic E-state index is -0.452. The van der Waals surface area contributed by atoms with Gasteiger partial charge in [0.15, 0.2) is 0 Å². The van der Waals surface area contributed by atoms with Crippen LogP contribution in [0.3, 0.4) is 0 Å². The maximum absolute atomic E-state index is 12.9. The molecule has 1 fully saturated rings. The largest absolute Gasteiger partial charge is 0.394 e. The highest BCUT2D eigenvalue weighted by Crippen LogP contribution is 2.38. The zero-order valence-corrected chi connectivity index (χ0v) is 7.46. The Morgan fingerprint density at radius 1 is 1.54 bits per heavy atom. The average Bonchev–Trinajstić information content (AvgIpc) is 2.88. The second-order valence-electron chi connectivity index (χ2n) is 2.95. The van der Waals surface area contributed by atoms with E-state index in [2.05, 4.69) is 0 Å². The lowest BCUT2D eigenvalue weighted by Crippen LogP contribution is -1.94. The minimum absolute atomic E-state index is 0.0328. The number of ether oxygens (including phenoxy) is 1. The summed E-state index contributed by atoms with van der Waals surface area (Å²) in [5.41, 5.74) is 0.723. The molecule has 1 aliphatic rings. The number of epoxide rings is 1. The molecule has 1 aromatic carbocycles. The third-order valence-corrected chi connectivity index (χ3v) is 2.34. The van der Waals surface area contributed by atoms with Crippen LogP contribution in [0.5, 0.6) is 0 Å². The molecule has 0 amide bonds. The van der Waals surface area contributed by atoms with Crippen LogP contribution in [0.2, 0.25) is 5.02 Å². The van der Waals surface area contributed by atoms with Gasteiger partial charge in [-0.3, -0.25) is 0 Å². The van der Waals surface area contributed by atoms with Gasteiger partial charge in [-0.15, -0.1) is 0 Å². The number of halogens is 2. The molecule has 13 heavy (non-hydrogen) atoms. The molecule has 1 aromatic rings. The lowest BCUT2D eigenvalue weighted by Gasteiger charge is -1.97. The van der Waals surface area contributed by atoms with Crippen LogP contribution in [0.25, 0.3) is 0 Å². The summed E-state index contributed by atoms with van der Waals surface area (Å²) < 4.78 is 18.0. The lowest BCUT2D eigenvalue weighted by molar-refractivity contribution is 0.242. The minimum Gasteiger partial charge on any atom is -0.394 e. The highest BCUT2D eigenvalue weighted by atomic mass is 35.5. The van der Waals surface area contributed by atoms with Gasteiger partial charge in [-0.05, 0) is 17.7 Å². The molecule has 2 nitrogen and oxygen atoms in total. The van der Waals surface area contributed by atoms with Crippen LogP contribution in [-0.2, 0) is 4.74 Å². The fraction of sp³-hybridized carbons (Fsp3) is 0.333. The molecule has 0 radical (unpaired) electrons. The maximum atomic E-state index is 12.9. The van der Waals surface area contributed by atoms with Gasteiger partial charge in [-0.1, -0.05) is 17.7 Å². The first-order valence-corrected chi connectivity index (χ1v) is 4.31. The molecule has 0 saturated carbocycles. The van der Waals surface area contributed by atoms with E-state index in [0.717, 1.165) is 5.56 Å². The predicted octanol–water partition coefficient (Wildman–Crippen LogP) is 1.91. The molecule has 70 valence electrons. The summed E-state index contributed by atoms with van der Waals surface area (Å²) in [4.78, 5) is 0. The molecule has 2 rings (SSSR count). The second-order valence-corrected chi connectivity index (χ2v) is 3.36. The number of hydrogen-bond donors (Lipinski definition) is 1. The van der Waals surface area contributed by atoms with Crippen molar-refractivity contribution in [2.75, 3.05) is 6.61 Å². The van der Waals surface area contributed by atoms with E-state index in [9.17, 15) is 4.39 Å². The number of hydrogen-bond acceptors (Lipinski definition) is 2. The van der Waals surface area contributed by atoms with Gasteiger partial charge in [0.1, 0.15) is 18.0 Å². The maximum Gasteiger partial charge on any atom is 0.142 e. The Balaban J connectivity index is 2.19. The van der Waals surface area contributed by atoms with E-state index in [0.29, 0.717) is 0 Å². The molecular weight excluding hydrogens is 195 g/mol. The third kappa shape index (κ3) is 1.68. The Morgan fingerprint density at radius 2 is 2.31 bits per heavy atom. The zero-order valence-electron chi connectivity index (χ0n) is 6.71. The first-order valence-electron chi connectivity index (χ1n) is 3.93. The van der Waals surface area contributed by atoms with Gasteiger partial charge >= 0.3 is 0 Å². The summed E-state index contributed by atoms with van der Waals surface area (Å²) in [5.74, 6) is -0.452. The van der Waals surface area contributed by atoms with Crippen molar-refractivity contribution in [2.24, 2.45) is 0 Å². The molecule has 0 bridgehead atoms.